The number of hydrogen-bond acceptors (Lipinski definition) is 7. The van der Waals surface area contributed by atoms with Gasteiger partial charge in [0.25, 0.3) is 5.91 Å². The summed E-state index contributed by atoms with van der Waals surface area (Å²) in [5.41, 5.74) is 2.36. The van der Waals surface area contributed by atoms with Crippen LogP contribution >= 0.6 is 0 Å². The van der Waals surface area contributed by atoms with Crippen LogP contribution in [0.1, 0.15) is 46.3 Å². The highest BCUT2D eigenvalue weighted by atomic mass is 16.6. The summed E-state index contributed by atoms with van der Waals surface area (Å²) in [7, 11) is 3.63. The van der Waals surface area contributed by atoms with Gasteiger partial charge in [0.15, 0.2) is 11.5 Å². The van der Waals surface area contributed by atoms with E-state index in [-0.39, 0.29) is 19.1 Å². The third-order valence-electron chi connectivity index (χ3n) is 6.77. The molecule has 2 aliphatic rings. The molecule has 0 bridgehead atoms. The molecule has 8 nitrogen and oxygen atoms in total. The van der Waals surface area contributed by atoms with Gasteiger partial charge >= 0.3 is 0 Å². The lowest BCUT2D eigenvalue weighted by Crippen LogP contribution is -2.35. The minimum Gasteiger partial charge on any atom is -0.496 e. The quantitative estimate of drug-likeness (QED) is 0.582. The summed E-state index contributed by atoms with van der Waals surface area (Å²) in [6.07, 6.45) is 3.19. The highest BCUT2D eigenvalue weighted by Gasteiger charge is 2.25. The van der Waals surface area contributed by atoms with Crippen LogP contribution in [0.15, 0.2) is 30.3 Å². The van der Waals surface area contributed by atoms with Crippen LogP contribution in [0.4, 0.5) is 0 Å². The van der Waals surface area contributed by atoms with Crippen molar-refractivity contribution >= 4 is 5.91 Å². The predicted octanol–water partition coefficient (Wildman–Crippen LogP) is 2.58. The van der Waals surface area contributed by atoms with E-state index in [1.54, 1.807) is 12.1 Å². The molecule has 1 amide bonds. The Bertz CT molecular complexity index is 986. The molecule has 1 fully saturated rings. The summed E-state index contributed by atoms with van der Waals surface area (Å²) < 4.78 is 16.8. The summed E-state index contributed by atoms with van der Waals surface area (Å²) in [5.74, 6) is 1.67. The molecule has 4 rings (SSSR count). The summed E-state index contributed by atoms with van der Waals surface area (Å²) in [6, 6.07) is 9.53. The molecule has 2 aliphatic heterocycles. The first-order chi connectivity index (χ1) is 16.5. The van der Waals surface area contributed by atoms with Crippen LogP contribution in [0.2, 0.25) is 0 Å². The van der Waals surface area contributed by atoms with Crippen LogP contribution in [-0.4, -0.2) is 72.4 Å². The normalized spacial score (nSPS) is 17.6. The Morgan fingerprint density at radius 1 is 1.15 bits per heavy atom. The first kappa shape index (κ1) is 24.3. The summed E-state index contributed by atoms with van der Waals surface area (Å²) in [6.45, 7) is 2.58. The fraction of sp³-hybridized carbons (Fsp3) is 0.500. The molecule has 1 unspecified atom stereocenters. The van der Waals surface area contributed by atoms with Crippen LogP contribution in [0.25, 0.3) is 0 Å². The number of methoxy groups -OCH3 is 1. The number of benzene rings is 2. The number of aliphatic hydroxyl groups excluding tert-OH is 2. The maximum atomic E-state index is 13.7. The van der Waals surface area contributed by atoms with Crippen LogP contribution in [-0.2, 0) is 19.8 Å². The topological polar surface area (TPSA) is 91.7 Å². The third kappa shape index (κ3) is 5.29. The average Bonchev–Trinajstić information content (AvgIpc) is 3.29. The number of aliphatic hydroxyl groups is 2. The molecule has 2 N–H and O–H groups in total. The van der Waals surface area contributed by atoms with Crippen molar-refractivity contribution in [1.29, 1.82) is 0 Å². The Labute approximate surface area is 200 Å². The van der Waals surface area contributed by atoms with Crippen molar-refractivity contribution in [2.24, 2.45) is 0 Å². The number of fused-ring (bicyclic) bond motifs is 1. The van der Waals surface area contributed by atoms with Gasteiger partial charge in [-0.25, -0.2) is 0 Å². The first-order valence-electron chi connectivity index (χ1n) is 11.8. The largest absolute Gasteiger partial charge is 0.496 e. The molecule has 0 aromatic heterocycles. The van der Waals surface area contributed by atoms with E-state index < -0.39 is 0 Å². The molecule has 1 saturated heterocycles. The Hall–Kier alpha value is -2.81. The predicted molar refractivity (Wildman–Crippen MR) is 127 cm³/mol. The van der Waals surface area contributed by atoms with Gasteiger partial charge in [0.1, 0.15) is 19.0 Å². The first-order valence-corrected chi connectivity index (χ1v) is 11.8. The lowest BCUT2D eigenvalue weighted by molar-refractivity contribution is 0.0728. The van der Waals surface area contributed by atoms with Crippen molar-refractivity contribution in [3.8, 4) is 17.2 Å². The number of hydrogen-bond donors (Lipinski definition) is 2. The molecule has 184 valence electrons. The van der Waals surface area contributed by atoms with E-state index >= 15 is 0 Å². The van der Waals surface area contributed by atoms with Crippen LogP contribution in [0.5, 0.6) is 17.2 Å². The zero-order valence-corrected chi connectivity index (χ0v) is 20.0. The van der Waals surface area contributed by atoms with E-state index in [0.29, 0.717) is 60.5 Å². The second kappa shape index (κ2) is 11.1. The van der Waals surface area contributed by atoms with Crippen LogP contribution in [0.3, 0.4) is 0 Å². The number of carbonyl (C=O) groups is 1. The van der Waals surface area contributed by atoms with Gasteiger partial charge in [-0.15, -0.1) is 0 Å². The zero-order valence-electron chi connectivity index (χ0n) is 20.0. The van der Waals surface area contributed by atoms with E-state index in [9.17, 15) is 15.0 Å². The molecule has 8 heteroatoms. The molecule has 2 aromatic carbocycles. The highest BCUT2D eigenvalue weighted by Crippen LogP contribution is 2.32. The molecular formula is C26H34N2O6. The highest BCUT2D eigenvalue weighted by molar-refractivity contribution is 5.95. The summed E-state index contributed by atoms with van der Waals surface area (Å²) in [4.78, 5) is 17.9. The van der Waals surface area contributed by atoms with E-state index in [4.69, 9.17) is 14.2 Å². The molecule has 2 heterocycles. The monoisotopic (exact) mass is 470 g/mol. The second-order valence-corrected chi connectivity index (χ2v) is 8.90. The third-order valence-corrected chi connectivity index (χ3v) is 6.77. The van der Waals surface area contributed by atoms with Gasteiger partial charge in [0, 0.05) is 30.3 Å². The number of amides is 1. The number of rotatable bonds is 9. The maximum absolute atomic E-state index is 13.7. The van der Waals surface area contributed by atoms with E-state index in [0.717, 1.165) is 30.7 Å². The summed E-state index contributed by atoms with van der Waals surface area (Å²) >= 11 is 0. The SMILES string of the molecule is COc1cc(C(=O)N(CCC2CCCN2C)Cc2ccc3c(c2)OCCO3)cc(CO)c1CO. The number of carbonyl (C=O) groups excluding carboxylic acids is 1. The standard InChI is InChI=1S/C26H34N2O6/c1-27-8-3-4-21(27)7-9-28(15-18-5-6-23-25(12-18)34-11-10-33-23)26(31)19-13-20(16-29)22(17-30)24(14-19)32-2/h5-6,12-14,21,29-30H,3-4,7-11,15-17H2,1-2H3. The lowest BCUT2D eigenvalue weighted by atomic mass is 10.0. The van der Waals surface area contributed by atoms with Crippen LogP contribution in [0, 0.1) is 0 Å². The molecular weight excluding hydrogens is 436 g/mol. The Balaban J connectivity index is 1.61. The number of ether oxygens (including phenoxy) is 3. The van der Waals surface area contributed by atoms with Crippen molar-refractivity contribution in [3.63, 3.8) is 0 Å². The van der Waals surface area contributed by atoms with Gasteiger partial charge in [-0.1, -0.05) is 6.07 Å². The fourth-order valence-electron chi connectivity index (χ4n) is 4.82. The van der Waals surface area contributed by atoms with Gasteiger partial charge in [-0.05, 0) is 68.2 Å². The maximum Gasteiger partial charge on any atom is 0.254 e. The zero-order chi connectivity index (χ0) is 24.1. The summed E-state index contributed by atoms with van der Waals surface area (Å²) in [5, 5.41) is 19.5. The van der Waals surface area contributed by atoms with Crippen LogP contribution < -0.4 is 14.2 Å². The molecule has 2 aromatic rings. The Morgan fingerprint density at radius 2 is 1.94 bits per heavy atom. The average molecular weight is 471 g/mol. The number of likely N-dealkylation sites (tertiary alicyclic amines) is 1. The van der Waals surface area contributed by atoms with Gasteiger partial charge in [0.2, 0.25) is 0 Å². The van der Waals surface area contributed by atoms with E-state index in [1.165, 1.54) is 13.5 Å². The number of nitrogens with zero attached hydrogens (tertiary/aromatic N) is 2. The Morgan fingerprint density at radius 3 is 2.62 bits per heavy atom. The van der Waals surface area contributed by atoms with Gasteiger partial charge in [-0.2, -0.15) is 0 Å². The Kier molecular flexibility index (Phi) is 7.92. The molecule has 0 radical (unpaired) electrons. The van der Waals surface area contributed by atoms with Crippen molar-refractivity contribution in [2.75, 3.05) is 40.5 Å². The molecule has 34 heavy (non-hydrogen) atoms. The van der Waals surface area contributed by atoms with Gasteiger partial charge in [-0.3, -0.25) is 4.79 Å². The van der Waals surface area contributed by atoms with Gasteiger partial charge in [0.05, 0.1) is 20.3 Å². The lowest BCUT2D eigenvalue weighted by Gasteiger charge is -2.28. The van der Waals surface area contributed by atoms with Crippen molar-refractivity contribution in [3.05, 3.63) is 52.6 Å². The smallest absolute Gasteiger partial charge is 0.254 e. The fourth-order valence-corrected chi connectivity index (χ4v) is 4.82. The van der Waals surface area contributed by atoms with E-state index in [2.05, 4.69) is 11.9 Å². The molecule has 0 aliphatic carbocycles. The minimum atomic E-state index is -0.289. The van der Waals surface area contributed by atoms with Gasteiger partial charge < -0.3 is 34.2 Å². The van der Waals surface area contributed by atoms with Crippen molar-refractivity contribution < 1.29 is 29.2 Å². The van der Waals surface area contributed by atoms with Crippen molar-refractivity contribution in [2.45, 2.75) is 45.1 Å². The van der Waals surface area contributed by atoms with E-state index in [1.807, 2.05) is 23.1 Å². The molecule has 1 atom stereocenters. The minimum absolute atomic E-state index is 0.145. The van der Waals surface area contributed by atoms with Crippen molar-refractivity contribution in [1.82, 2.24) is 9.80 Å². The molecule has 0 spiro atoms. The molecule has 0 saturated carbocycles. The second-order valence-electron chi connectivity index (χ2n) is 8.90.